The molecule has 0 atom stereocenters. The van der Waals surface area contributed by atoms with E-state index in [1.54, 1.807) is 6.07 Å². The van der Waals surface area contributed by atoms with Gasteiger partial charge in [0.05, 0.1) is 0 Å². The molecular weight excluding hydrogens is 371 g/mol. The fourth-order valence-electron chi connectivity index (χ4n) is 2.02. The van der Waals surface area contributed by atoms with Gasteiger partial charge in [0, 0.05) is 38.0 Å². The molecule has 1 aromatic carbocycles. The van der Waals surface area contributed by atoms with Crippen LogP contribution in [0.15, 0.2) is 41.5 Å². The van der Waals surface area contributed by atoms with Gasteiger partial charge in [0.1, 0.15) is 11.6 Å². The summed E-state index contributed by atoms with van der Waals surface area (Å²) in [6, 6.07) is 6.02. The molecule has 0 bridgehead atoms. The Labute approximate surface area is 152 Å². The summed E-state index contributed by atoms with van der Waals surface area (Å²) in [5.41, 5.74) is 0.806. The van der Waals surface area contributed by atoms with Crippen LogP contribution in [0.4, 0.5) is 22.0 Å². The van der Waals surface area contributed by atoms with E-state index in [0.717, 1.165) is 18.2 Å². The molecule has 0 saturated heterocycles. The summed E-state index contributed by atoms with van der Waals surface area (Å²) in [5.74, 6) is -0.899. The molecule has 10 heteroatoms. The van der Waals surface area contributed by atoms with Crippen LogP contribution in [0.1, 0.15) is 11.1 Å². The summed E-state index contributed by atoms with van der Waals surface area (Å²) in [6.07, 6.45) is -3.07. The maximum atomic E-state index is 13.6. The molecule has 0 saturated carbocycles. The lowest BCUT2D eigenvalue weighted by Crippen LogP contribution is -2.36. The van der Waals surface area contributed by atoms with Crippen molar-refractivity contribution in [2.45, 2.75) is 19.3 Å². The van der Waals surface area contributed by atoms with E-state index in [-0.39, 0.29) is 24.5 Å². The number of aromatic nitrogens is 1. The number of alkyl halides is 3. The van der Waals surface area contributed by atoms with Gasteiger partial charge in [-0.1, -0.05) is 6.07 Å². The number of rotatable bonds is 6. The molecule has 0 fully saturated rings. The van der Waals surface area contributed by atoms with Crippen LogP contribution >= 0.6 is 0 Å². The third-order valence-electron chi connectivity index (χ3n) is 3.32. The van der Waals surface area contributed by atoms with Crippen molar-refractivity contribution in [2.75, 3.05) is 13.7 Å². The van der Waals surface area contributed by atoms with Crippen molar-refractivity contribution < 1.29 is 26.7 Å². The number of pyridine rings is 1. The molecule has 146 valence electrons. The monoisotopic (exact) mass is 388 g/mol. The van der Waals surface area contributed by atoms with Gasteiger partial charge in [-0.25, -0.2) is 13.8 Å². The zero-order chi connectivity index (χ0) is 19.9. The van der Waals surface area contributed by atoms with E-state index in [1.165, 1.54) is 19.3 Å². The summed E-state index contributed by atoms with van der Waals surface area (Å²) in [6.45, 7) is -1.13. The van der Waals surface area contributed by atoms with Crippen molar-refractivity contribution in [3.63, 3.8) is 0 Å². The van der Waals surface area contributed by atoms with Crippen LogP contribution in [0.3, 0.4) is 0 Å². The topological polar surface area (TPSA) is 58.5 Å². The summed E-state index contributed by atoms with van der Waals surface area (Å²) in [5, 5.41) is 5.76. The zero-order valence-corrected chi connectivity index (χ0v) is 14.3. The van der Waals surface area contributed by atoms with Crippen LogP contribution in [-0.2, 0) is 13.1 Å². The van der Waals surface area contributed by atoms with Gasteiger partial charge in [0.2, 0.25) is 5.88 Å². The summed E-state index contributed by atoms with van der Waals surface area (Å²) in [4.78, 5) is 7.74. The van der Waals surface area contributed by atoms with Gasteiger partial charge >= 0.3 is 6.18 Å². The maximum absolute atomic E-state index is 13.6. The molecule has 27 heavy (non-hydrogen) atoms. The Morgan fingerprint density at radius 1 is 1.11 bits per heavy atom. The molecule has 0 spiro atoms. The van der Waals surface area contributed by atoms with Crippen LogP contribution in [-0.4, -0.2) is 30.8 Å². The lowest BCUT2D eigenvalue weighted by atomic mass is 10.2. The highest BCUT2D eigenvalue weighted by Gasteiger charge is 2.28. The Morgan fingerprint density at radius 3 is 2.48 bits per heavy atom. The number of nitrogens with one attached hydrogen (secondary N) is 2. The number of ether oxygens (including phenoxy) is 1. The molecule has 0 amide bonds. The van der Waals surface area contributed by atoms with E-state index in [2.05, 4.69) is 25.3 Å². The normalized spacial score (nSPS) is 12.0. The summed E-state index contributed by atoms with van der Waals surface area (Å²) < 4.78 is 67.5. The maximum Gasteiger partial charge on any atom is 0.422 e. The highest BCUT2D eigenvalue weighted by atomic mass is 19.4. The molecular formula is C17H17F5N4O. The second kappa shape index (κ2) is 9.15. The fourth-order valence-corrected chi connectivity index (χ4v) is 2.02. The Kier molecular flexibility index (Phi) is 6.91. The molecule has 2 rings (SSSR count). The van der Waals surface area contributed by atoms with E-state index >= 15 is 0 Å². The first-order chi connectivity index (χ1) is 12.8. The van der Waals surface area contributed by atoms with Gasteiger partial charge < -0.3 is 15.4 Å². The second-order valence-electron chi connectivity index (χ2n) is 5.42. The second-order valence-corrected chi connectivity index (χ2v) is 5.42. The summed E-state index contributed by atoms with van der Waals surface area (Å²) in [7, 11) is 1.50. The predicted octanol–water partition coefficient (Wildman–Crippen LogP) is 3.17. The Bertz CT molecular complexity index is 778. The highest BCUT2D eigenvalue weighted by Crippen LogP contribution is 2.17. The quantitative estimate of drug-likeness (QED) is 0.454. The van der Waals surface area contributed by atoms with Gasteiger partial charge in [-0.3, -0.25) is 4.99 Å². The molecule has 0 radical (unpaired) electrons. The summed E-state index contributed by atoms with van der Waals surface area (Å²) >= 11 is 0. The van der Waals surface area contributed by atoms with E-state index in [1.807, 2.05) is 0 Å². The van der Waals surface area contributed by atoms with Crippen LogP contribution < -0.4 is 15.4 Å². The molecule has 0 aliphatic rings. The minimum atomic E-state index is -4.43. The third-order valence-corrected chi connectivity index (χ3v) is 3.32. The van der Waals surface area contributed by atoms with Crippen LogP contribution in [0, 0.1) is 11.6 Å². The number of halogens is 5. The van der Waals surface area contributed by atoms with Gasteiger partial charge in [-0.05, 0) is 23.8 Å². The fraction of sp³-hybridized carbons (Fsp3) is 0.294. The van der Waals surface area contributed by atoms with Crippen molar-refractivity contribution >= 4 is 5.96 Å². The van der Waals surface area contributed by atoms with Crippen molar-refractivity contribution in [1.29, 1.82) is 0 Å². The first-order valence-electron chi connectivity index (χ1n) is 7.80. The number of hydrogen-bond acceptors (Lipinski definition) is 3. The molecule has 1 heterocycles. The van der Waals surface area contributed by atoms with Crippen molar-refractivity contribution in [3.8, 4) is 5.88 Å². The molecule has 2 aromatic rings. The minimum absolute atomic E-state index is 0.0196. The zero-order valence-electron chi connectivity index (χ0n) is 14.3. The smallest absolute Gasteiger partial charge is 0.422 e. The molecule has 5 nitrogen and oxygen atoms in total. The number of hydrogen-bond donors (Lipinski definition) is 2. The number of guanidine groups is 1. The van der Waals surface area contributed by atoms with Gasteiger partial charge in [-0.15, -0.1) is 0 Å². The largest absolute Gasteiger partial charge is 0.468 e. The van der Waals surface area contributed by atoms with Crippen molar-refractivity contribution in [2.24, 2.45) is 4.99 Å². The van der Waals surface area contributed by atoms with E-state index in [0.29, 0.717) is 11.5 Å². The van der Waals surface area contributed by atoms with E-state index < -0.39 is 24.4 Å². The lowest BCUT2D eigenvalue weighted by molar-refractivity contribution is -0.154. The van der Waals surface area contributed by atoms with Crippen LogP contribution in [0.5, 0.6) is 5.88 Å². The van der Waals surface area contributed by atoms with Gasteiger partial charge in [0.25, 0.3) is 0 Å². The van der Waals surface area contributed by atoms with E-state index in [4.69, 9.17) is 0 Å². The van der Waals surface area contributed by atoms with Crippen LogP contribution in [0.2, 0.25) is 0 Å². The number of benzene rings is 1. The minimum Gasteiger partial charge on any atom is -0.468 e. The predicted molar refractivity (Wildman–Crippen MR) is 89.2 cm³/mol. The van der Waals surface area contributed by atoms with Crippen molar-refractivity contribution in [1.82, 2.24) is 15.6 Å². The Balaban J connectivity index is 1.84. The average Bonchev–Trinajstić information content (AvgIpc) is 2.63. The highest BCUT2D eigenvalue weighted by molar-refractivity contribution is 5.79. The van der Waals surface area contributed by atoms with Crippen LogP contribution in [0.25, 0.3) is 0 Å². The molecule has 0 unspecified atom stereocenters. The van der Waals surface area contributed by atoms with Crippen molar-refractivity contribution in [3.05, 3.63) is 59.3 Å². The van der Waals surface area contributed by atoms with Gasteiger partial charge in [-0.2, -0.15) is 13.2 Å². The average molecular weight is 388 g/mol. The molecule has 2 N–H and O–H groups in total. The van der Waals surface area contributed by atoms with Gasteiger partial charge in [0.15, 0.2) is 12.6 Å². The standard InChI is InChI=1S/C17H17F5N4O/c1-23-16(26-9-12-6-13(18)3-4-14(12)19)25-8-11-2-5-15(24-7-11)27-10-17(20,21)22/h2-7H,8-10H2,1H3,(H2,23,25,26). The molecule has 0 aliphatic heterocycles. The Morgan fingerprint density at radius 2 is 1.85 bits per heavy atom. The Hall–Kier alpha value is -2.91. The first-order valence-corrected chi connectivity index (χ1v) is 7.80. The third kappa shape index (κ3) is 7.08. The lowest BCUT2D eigenvalue weighted by Gasteiger charge is -2.13. The molecule has 1 aromatic heterocycles. The van der Waals surface area contributed by atoms with E-state index in [9.17, 15) is 22.0 Å². The number of nitrogens with zero attached hydrogens (tertiary/aromatic N) is 2. The number of aliphatic imine (C=N–C) groups is 1. The SMILES string of the molecule is CN=C(NCc1ccc(OCC(F)(F)F)nc1)NCc1cc(F)ccc1F. The first kappa shape index (κ1) is 20.4. The molecule has 0 aliphatic carbocycles.